The lowest BCUT2D eigenvalue weighted by Crippen LogP contribution is -2.32. The average Bonchev–Trinajstić information content (AvgIpc) is 2.61. The van der Waals surface area contributed by atoms with Gasteiger partial charge in [-0.25, -0.2) is 0 Å². The van der Waals surface area contributed by atoms with Crippen LogP contribution < -0.4 is 5.32 Å². The van der Waals surface area contributed by atoms with Crippen molar-refractivity contribution in [1.82, 2.24) is 10.2 Å². The molecule has 1 aliphatic heterocycles. The van der Waals surface area contributed by atoms with Gasteiger partial charge >= 0.3 is 0 Å². The highest BCUT2D eigenvalue weighted by molar-refractivity contribution is 5.76. The Kier molecular flexibility index (Phi) is 8.64. The van der Waals surface area contributed by atoms with Gasteiger partial charge in [0, 0.05) is 26.1 Å². The average molecular weight is 316 g/mol. The molecule has 3 heteroatoms. The number of amides is 1. The molecule has 3 nitrogen and oxygen atoms in total. The van der Waals surface area contributed by atoms with E-state index in [1.54, 1.807) is 6.92 Å². The molecule has 0 aliphatic carbocycles. The molecule has 1 aromatic rings. The summed E-state index contributed by atoms with van der Waals surface area (Å²) < 4.78 is 0. The van der Waals surface area contributed by atoms with Crippen LogP contribution in [0.15, 0.2) is 30.3 Å². The van der Waals surface area contributed by atoms with Crippen molar-refractivity contribution < 1.29 is 4.79 Å². The maximum absolute atomic E-state index is 11.4. The predicted molar refractivity (Wildman–Crippen MR) is 99.3 cm³/mol. The third kappa shape index (κ3) is 5.21. The topological polar surface area (TPSA) is 32.3 Å². The minimum absolute atomic E-state index is 0.165. The highest BCUT2D eigenvalue weighted by Crippen LogP contribution is 2.30. The summed E-state index contributed by atoms with van der Waals surface area (Å²) in [5.74, 6) is 0.165. The Hall–Kier alpha value is -1.61. The summed E-state index contributed by atoms with van der Waals surface area (Å²) in [5, 5.41) is 3.43. The minimum atomic E-state index is 0.165. The fourth-order valence-corrected chi connectivity index (χ4v) is 3.04. The fourth-order valence-electron chi connectivity index (χ4n) is 3.04. The van der Waals surface area contributed by atoms with Crippen LogP contribution in [0.25, 0.3) is 5.57 Å². The third-order valence-corrected chi connectivity index (χ3v) is 4.26. The van der Waals surface area contributed by atoms with E-state index in [0.29, 0.717) is 6.04 Å². The molecule has 0 spiro atoms. The first-order valence-electron chi connectivity index (χ1n) is 8.88. The number of carbonyl (C=O) groups is 1. The summed E-state index contributed by atoms with van der Waals surface area (Å²) in [7, 11) is 2.03. The van der Waals surface area contributed by atoms with Gasteiger partial charge in [0.25, 0.3) is 0 Å². The van der Waals surface area contributed by atoms with Gasteiger partial charge in [0.05, 0.1) is 0 Å². The molecule has 1 heterocycles. The zero-order chi connectivity index (χ0) is 17.2. The molecule has 0 saturated heterocycles. The van der Waals surface area contributed by atoms with E-state index >= 15 is 0 Å². The van der Waals surface area contributed by atoms with E-state index in [2.05, 4.69) is 42.6 Å². The lowest BCUT2D eigenvalue weighted by atomic mass is 9.90. The Labute approximate surface area is 141 Å². The normalized spacial score (nSPS) is 15.3. The molecule has 0 unspecified atom stereocenters. The third-order valence-electron chi connectivity index (χ3n) is 4.26. The van der Waals surface area contributed by atoms with Gasteiger partial charge in [0.1, 0.15) is 0 Å². The van der Waals surface area contributed by atoms with E-state index < -0.39 is 0 Å². The summed E-state index contributed by atoms with van der Waals surface area (Å²) in [5.41, 5.74) is 4.09. The van der Waals surface area contributed by atoms with Gasteiger partial charge < -0.3 is 10.2 Å². The zero-order valence-corrected chi connectivity index (χ0v) is 15.4. The maximum atomic E-state index is 11.4. The summed E-state index contributed by atoms with van der Waals surface area (Å²) in [4.78, 5) is 13.3. The summed E-state index contributed by atoms with van der Waals surface area (Å²) >= 11 is 0. The van der Waals surface area contributed by atoms with E-state index in [1.165, 1.54) is 16.7 Å². The van der Waals surface area contributed by atoms with Crippen molar-refractivity contribution in [2.24, 2.45) is 0 Å². The van der Waals surface area contributed by atoms with E-state index in [0.717, 1.165) is 32.4 Å². The molecule has 0 bridgehead atoms. The van der Waals surface area contributed by atoms with Crippen LogP contribution in [0.5, 0.6) is 0 Å². The van der Waals surface area contributed by atoms with Crippen LogP contribution in [0.1, 0.15) is 64.1 Å². The molecule has 0 fully saturated rings. The Bertz CT molecular complexity index is 522. The van der Waals surface area contributed by atoms with Gasteiger partial charge in [-0.05, 0) is 36.6 Å². The molecule has 1 atom stereocenters. The van der Waals surface area contributed by atoms with Crippen LogP contribution in [-0.4, -0.2) is 30.9 Å². The van der Waals surface area contributed by atoms with Gasteiger partial charge in [0.2, 0.25) is 5.91 Å². The summed E-state index contributed by atoms with van der Waals surface area (Å²) in [6, 6.07) is 9.06. The maximum Gasteiger partial charge on any atom is 0.219 e. The number of nitrogens with zero attached hydrogens (tertiary/aromatic N) is 1. The second-order valence-corrected chi connectivity index (χ2v) is 5.66. The van der Waals surface area contributed by atoms with Gasteiger partial charge in [-0.15, -0.1) is 0 Å². The molecule has 1 N–H and O–H groups in total. The van der Waals surface area contributed by atoms with Crippen molar-refractivity contribution in [1.29, 1.82) is 0 Å². The van der Waals surface area contributed by atoms with E-state index in [4.69, 9.17) is 0 Å². The number of hydrogen-bond acceptors (Lipinski definition) is 2. The Morgan fingerprint density at radius 1 is 1.30 bits per heavy atom. The molecule has 1 aromatic carbocycles. The molecule has 128 valence electrons. The first-order valence-corrected chi connectivity index (χ1v) is 8.88. The monoisotopic (exact) mass is 316 g/mol. The van der Waals surface area contributed by atoms with Gasteiger partial charge in [-0.2, -0.15) is 0 Å². The quantitative estimate of drug-likeness (QED) is 0.872. The number of rotatable bonds is 5. The molecule has 1 amide bonds. The number of carbonyl (C=O) groups excluding carboxylic acids is 1. The first kappa shape index (κ1) is 19.4. The van der Waals surface area contributed by atoms with Crippen LogP contribution in [0, 0.1) is 0 Å². The zero-order valence-electron chi connectivity index (χ0n) is 15.4. The number of hydrogen-bond donors (Lipinski definition) is 1. The molecular weight excluding hydrogens is 284 g/mol. The van der Waals surface area contributed by atoms with Crippen LogP contribution in [-0.2, 0) is 4.79 Å². The van der Waals surface area contributed by atoms with Crippen molar-refractivity contribution >= 4 is 11.5 Å². The predicted octanol–water partition coefficient (Wildman–Crippen LogP) is 4.41. The standard InChI is InChI=1S/C18H26N2O.C2H6/c1-4-7-18(19-3)17-9-6-5-8-16(17)15-10-12-20(13-11-15)14(2)21;1-2/h5-6,8-10,18-19H,4,7,11-13H2,1-3H3;1-2H3/t18-;/m1./s1. The fraction of sp³-hybridized carbons (Fsp3) is 0.550. The molecular formula is C20H32N2O. The minimum Gasteiger partial charge on any atom is -0.339 e. The van der Waals surface area contributed by atoms with Crippen molar-refractivity contribution in [2.45, 2.75) is 53.0 Å². The summed E-state index contributed by atoms with van der Waals surface area (Å²) in [6.07, 6.45) is 5.46. The van der Waals surface area contributed by atoms with Crippen molar-refractivity contribution in [3.63, 3.8) is 0 Å². The molecule has 0 radical (unpaired) electrons. The first-order chi connectivity index (χ1) is 11.2. The number of benzene rings is 1. The largest absolute Gasteiger partial charge is 0.339 e. The van der Waals surface area contributed by atoms with Crippen molar-refractivity contribution in [3.8, 4) is 0 Å². The van der Waals surface area contributed by atoms with Gasteiger partial charge in [-0.3, -0.25) is 4.79 Å². The lowest BCUT2D eigenvalue weighted by molar-refractivity contribution is -0.128. The van der Waals surface area contributed by atoms with Crippen molar-refractivity contribution in [2.75, 3.05) is 20.1 Å². The van der Waals surface area contributed by atoms with Gasteiger partial charge in [-0.1, -0.05) is 57.5 Å². The van der Waals surface area contributed by atoms with Crippen LogP contribution in [0.2, 0.25) is 0 Å². The lowest BCUT2D eigenvalue weighted by Gasteiger charge is -2.27. The SMILES string of the molecule is CC.CCC[C@@H](NC)c1ccccc1C1=CCN(C(C)=O)CC1. The molecule has 2 rings (SSSR count). The molecule has 0 aromatic heterocycles. The second kappa shape index (κ2) is 10.2. The molecule has 1 aliphatic rings. The smallest absolute Gasteiger partial charge is 0.219 e. The highest BCUT2D eigenvalue weighted by atomic mass is 16.2. The van der Waals surface area contributed by atoms with Crippen LogP contribution in [0.4, 0.5) is 0 Å². The van der Waals surface area contributed by atoms with Crippen LogP contribution >= 0.6 is 0 Å². The summed E-state index contributed by atoms with van der Waals surface area (Å²) in [6.45, 7) is 9.42. The Balaban J connectivity index is 0.00000127. The Morgan fingerprint density at radius 3 is 2.52 bits per heavy atom. The highest BCUT2D eigenvalue weighted by Gasteiger charge is 2.19. The van der Waals surface area contributed by atoms with Crippen molar-refractivity contribution in [3.05, 3.63) is 41.5 Å². The van der Waals surface area contributed by atoms with E-state index in [-0.39, 0.29) is 5.91 Å². The Morgan fingerprint density at radius 2 is 2.00 bits per heavy atom. The van der Waals surface area contributed by atoms with Gasteiger partial charge in [0.15, 0.2) is 0 Å². The number of nitrogens with one attached hydrogen (secondary N) is 1. The van der Waals surface area contributed by atoms with Crippen LogP contribution in [0.3, 0.4) is 0 Å². The van der Waals surface area contributed by atoms with E-state index in [9.17, 15) is 4.79 Å². The molecule has 0 saturated carbocycles. The second-order valence-electron chi connectivity index (χ2n) is 5.66. The van der Waals surface area contributed by atoms with E-state index in [1.807, 2.05) is 25.8 Å². The molecule has 23 heavy (non-hydrogen) atoms.